The van der Waals surface area contributed by atoms with Crippen molar-refractivity contribution in [2.75, 3.05) is 39.4 Å². The maximum atomic E-state index is 12.8. The SMILES string of the molecule is C=CCC1(CO)CCCN(C(=O)CN2CCOc3ccccc3C2)C1. The molecule has 1 fully saturated rings. The summed E-state index contributed by atoms with van der Waals surface area (Å²) in [7, 11) is 0. The fourth-order valence-corrected chi connectivity index (χ4v) is 3.89. The van der Waals surface area contributed by atoms with E-state index in [9.17, 15) is 9.90 Å². The molecule has 136 valence electrons. The van der Waals surface area contributed by atoms with Gasteiger partial charge in [0.1, 0.15) is 12.4 Å². The minimum absolute atomic E-state index is 0.105. The van der Waals surface area contributed by atoms with Crippen LogP contribution in [-0.4, -0.2) is 60.2 Å². The zero-order valence-electron chi connectivity index (χ0n) is 14.8. The Kier molecular flexibility index (Phi) is 5.76. The van der Waals surface area contributed by atoms with Crippen LogP contribution in [0.4, 0.5) is 0 Å². The molecule has 1 unspecified atom stereocenters. The quantitative estimate of drug-likeness (QED) is 0.831. The van der Waals surface area contributed by atoms with E-state index in [1.54, 1.807) is 0 Å². The summed E-state index contributed by atoms with van der Waals surface area (Å²) in [6.07, 6.45) is 4.49. The molecule has 5 heteroatoms. The Hall–Kier alpha value is -1.85. The molecule has 25 heavy (non-hydrogen) atoms. The Morgan fingerprint density at radius 3 is 3.00 bits per heavy atom. The fraction of sp³-hybridized carbons (Fsp3) is 0.550. The van der Waals surface area contributed by atoms with Crippen molar-refractivity contribution in [2.45, 2.75) is 25.8 Å². The van der Waals surface area contributed by atoms with Crippen LogP contribution in [0.2, 0.25) is 0 Å². The zero-order valence-corrected chi connectivity index (χ0v) is 14.8. The lowest BCUT2D eigenvalue weighted by molar-refractivity contribution is -0.136. The predicted molar refractivity (Wildman–Crippen MR) is 97.4 cm³/mol. The minimum Gasteiger partial charge on any atom is -0.492 e. The molecule has 2 heterocycles. The van der Waals surface area contributed by atoms with Crippen LogP contribution in [0.25, 0.3) is 0 Å². The van der Waals surface area contributed by atoms with Crippen molar-refractivity contribution >= 4 is 5.91 Å². The first-order valence-electron chi connectivity index (χ1n) is 9.08. The van der Waals surface area contributed by atoms with Crippen LogP contribution in [0, 0.1) is 5.41 Å². The highest BCUT2D eigenvalue weighted by molar-refractivity contribution is 5.78. The molecule has 1 aromatic carbocycles. The average Bonchev–Trinajstić information content (AvgIpc) is 2.83. The third kappa shape index (κ3) is 4.22. The number of allylic oxidation sites excluding steroid dienone is 1. The van der Waals surface area contributed by atoms with Gasteiger partial charge in [0.15, 0.2) is 0 Å². The molecule has 0 aliphatic carbocycles. The highest BCUT2D eigenvalue weighted by Gasteiger charge is 2.36. The van der Waals surface area contributed by atoms with Crippen LogP contribution in [0.1, 0.15) is 24.8 Å². The summed E-state index contributed by atoms with van der Waals surface area (Å²) in [4.78, 5) is 16.9. The van der Waals surface area contributed by atoms with E-state index < -0.39 is 0 Å². The number of likely N-dealkylation sites (tertiary alicyclic amines) is 1. The molecular weight excluding hydrogens is 316 g/mol. The van der Waals surface area contributed by atoms with E-state index in [2.05, 4.69) is 17.5 Å². The van der Waals surface area contributed by atoms with Gasteiger partial charge in [-0.3, -0.25) is 9.69 Å². The number of nitrogens with zero attached hydrogens (tertiary/aromatic N) is 2. The van der Waals surface area contributed by atoms with E-state index >= 15 is 0 Å². The monoisotopic (exact) mass is 344 g/mol. The Morgan fingerprint density at radius 2 is 2.20 bits per heavy atom. The number of carbonyl (C=O) groups excluding carboxylic acids is 1. The Morgan fingerprint density at radius 1 is 1.36 bits per heavy atom. The van der Waals surface area contributed by atoms with Crippen molar-refractivity contribution in [2.24, 2.45) is 5.41 Å². The van der Waals surface area contributed by atoms with Gasteiger partial charge in [-0.05, 0) is 25.3 Å². The molecule has 2 aliphatic heterocycles. The highest BCUT2D eigenvalue weighted by Crippen LogP contribution is 2.33. The van der Waals surface area contributed by atoms with Gasteiger partial charge in [-0.15, -0.1) is 6.58 Å². The van der Waals surface area contributed by atoms with Crippen molar-refractivity contribution in [1.82, 2.24) is 9.80 Å². The molecule has 1 atom stereocenters. The second kappa shape index (κ2) is 8.02. The van der Waals surface area contributed by atoms with Crippen molar-refractivity contribution in [3.05, 3.63) is 42.5 Å². The first kappa shape index (κ1) is 18.0. The van der Waals surface area contributed by atoms with E-state index in [0.29, 0.717) is 19.7 Å². The minimum atomic E-state index is -0.218. The maximum absolute atomic E-state index is 12.8. The predicted octanol–water partition coefficient (Wildman–Crippen LogP) is 2.06. The summed E-state index contributed by atoms with van der Waals surface area (Å²) in [5.74, 6) is 1.06. The van der Waals surface area contributed by atoms with E-state index in [4.69, 9.17) is 4.74 Å². The number of benzene rings is 1. The Labute approximate surface area is 149 Å². The average molecular weight is 344 g/mol. The number of para-hydroxylation sites is 1. The van der Waals surface area contributed by atoms with Gasteiger partial charge in [0.05, 0.1) is 13.2 Å². The van der Waals surface area contributed by atoms with Gasteiger partial charge in [-0.2, -0.15) is 0 Å². The molecule has 0 bridgehead atoms. The van der Waals surface area contributed by atoms with Crippen LogP contribution < -0.4 is 4.74 Å². The number of fused-ring (bicyclic) bond motifs is 1. The van der Waals surface area contributed by atoms with E-state index in [1.807, 2.05) is 29.2 Å². The van der Waals surface area contributed by atoms with E-state index in [1.165, 1.54) is 0 Å². The summed E-state index contributed by atoms with van der Waals surface area (Å²) >= 11 is 0. The number of piperidine rings is 1. The molecule has 1 N–H and O–H groups in total. The fourth-order valence-electron chi connectivity index (χ4n) is 3.89. The van der Waals surface area contributed by atoms with Crippen LogP contribution in [0.5, 0.6) is 5.75 Å². The summed E-state index contributed by atoms with van der Waals surface area (Å²) in [5.41, 5.74) is 0.910. The van der Waals surface area contributed by atoms with E-state index in [-0.39, 0.29) is 17.9 Å². The van der Waals surface area contributed by atoms with Crippen LogP contribution >= 0.6 is 0 Å². The molecule has 1 amide bonds. The van der Waals surface area contributed by atoms with Crippen LogP contribution in [0.15, 0.2) is 36.9 Å². The van der Waals surface area contributed by atoms with Crippen molar-refractivity contribution in [3.8, 4) is 5.75 Å². The van der Waals surface area contributed by atoms with Crippen molar-refractivity contribution in [3.63, 3.8) is 0 Å². The third-order valence-electron chi connectivity index (χ3n) is 5.32. The van der Waals surface area contributed by atoms with E-state index in [0.717, 1.165) is 50.2 Å². The Bertz CT molecular complexity index is 619. The van der Waals surface area contributed by atoms with Crippen molar-refractivity contribution in [1.29, 1.82) is 0 Å². The third-order valence-corrected chi connectivity index (χ3v) is 5.32. The van der Waals surface area contributed by atoms with Gasteiger partial charge >= 0.3 is 0 Å². The molecule has 1 saturated heterocycles. The smallest absolute Gasteiger partial charge is 0.236 e. The van der Waals surface area contributed by atoms with Crippen molar-refractivity contribution < 1.29 is 14.6 Å². The first-order chi connectivity index (χ1) is 12.2. The number of carbonyl (C=O) groups is 1. The topological polar surface area (TPSA) is 53.0 Å². The van der Waals surface area contributed by atoms with Gasteiger partial charge in [0.25, 0.3) is 0 Å². The van der Waals surface area contributed by atoms with Gasteiger partial charge in [0.2, 0.25) is 5.91 Å². The normalized spacial score (nSPS) is 24.1. The molecule has 3 rings (SSSR count). The number of hydrogen-bond donors (Lipinski definition) is 1. The molecule has 0 aromatic heterocycles. The molecule has 0 spiro atoms. The second-order valence-electron chi connectivity index (χ2n) is 7.24. The standard InChI is InChI=1S/C20H28N2O3/c1-2-8-20(16-23)9-5-10-22(15-20)19(24)14-21-11-12-25-18-7-4-3-6-17(18)13-21/h2-4,6-7,23H,1,5,8-16H2. The molecule has 2 aliphatic rings. The lowest BCUT2D eigenvalue weighted by Gasteiger charge is -2.42. The number of ether oxygens (including phenoxy) is 1. The van der Waals surface area contributed by atoms with Crippen LogP contribution in [-0.2, 0) is 11.3 Å². The largest absolute Gasteiger partial charge is 0.492 e. The van der Waals surface area contributed by atoms with Crippen LogP contribution in [0.3, 0.4) is 0 Å². The number of aliphatic hydroxyl groups excluding tert-OH is 1. The van der Waals surface area contributed by atoms with Gasteiger partial charge < -0.3 is 14.7 Å². The van der Waals surface area contributed by atoms with Gasteiger partial charge in [-0.25, -0.2) is 0 Å². The van der Waals surface area contributed by atoms with Gasteiger partial charge in [0, 0.05) is 37.2 Å². The number of amides is 1. The molecule has 0 saturated carbocycles. The molecular formula is C20H28N2O3. The first-order valence-corrected chi connectivity index (χ1v) is 9.08. The second-order valence-corrected chi connectivity index (χ2v) is 7.24. The lowest BCUT2D eigenvalue weighted by Crippen LogP contribution is -2.50. The Balaban J connectivity index is 1.63. The number of rotatable bonds is 5. The highest BCUT2D eigenvalue weighted by atomic mass is 16.5. The molecule has 1 aromatic rings. The summed E-state index contributed by atoms with van der Waals surface area (Å²) < 4.78 is 5.78. The molecule has 5 nitrogen and oxygen atoms in total. The maximum Gasteiger partial charge on any atom is 0.236 e. The zero-order chi connectivity index (χ0) is 17.7. The summed E-state index contributed by atoms with van der Waals surface area (Å²) in [6.45, 7) is 7.77. The summed E-state index contributed by atoms with van der Waals surface area (Å²) in [5, 5.41) is 9.83. The van der Waals surface area contributed by atoms with Gasteiger partial charge in [-0.1, -0.05) is 24.3 Å². The summed E-state index contributed by atoms with van der Waals surface area (Å²) in [6, 6.07) is 8.01. The number of aliphatic hydroxyl groups is 1. The lowest BCUT2D eigenvalue weighted by atomic mass is 9.78. The molecule has 0 radical (unpaired) electrons. The number of hydrogen-bond acceptors (Lipinski definition) is 4.